The second kappa shape index (κ2) is 7.12. The summed E-state index contributed by atoms with van der Waals surface area (Å²) in [5.74, 6) is 0. The summed E-state index contributed by atoms with van der Waals surface area (Å²) in [6.45, 7) is 8.59. The Morgan fingerprint density at radius 2 is 2.11 bits per heavy atom. The van der Waals surface area contributed by atoms with Crippen molar-refractivity contribution in [2.45, 2.75) is 58.8 Å². The lowest BCUT2D eigenvalue weighted by atomic mass is 10.1. The van der Waals surface area contributed by atoms with Crippen molar-refractivity contribution in [3.05, 3.63) is 16.9 Å². The molecule has 0 aromatic carbocycles. The van der Waals surface area contributed by atoms with E-state index in [9.17, 15) is 5.11 Å². The summed E-state index contributed by atoms with van der Waals surface area (Å²) in [6, 6.07) is 0.158. The molecular weight excluding hydrogens is 252 g/mol. The van der Waals surface area contributed by atoms with Crippen molar-refractivity contribution in [1.82, 2.24) is 9.78 Å². The zero-order chi connectivity index (χ0) is 13.7. The van der Waals surface area contributed by atoms with Crippen LogP contribution in [0.15, 0.2) is 6.20 Å². The highest BCUT2D eigenvalue weighted by atomic mass is 35.5. The molecule has 4 nitrogen and oxygen atoms in total. The maximum Gasteiger partial charge on any atom is 0.123 e. The van der Waals surface area contributed by atoms with Crippen molar-refractivity contribution in [3.8, 4) is 0 Å². The van der Waals surface area contributed by atoms with E-state index in [1.165, 1.54) is 0 Å². The Kier molecular flexibility index (Phi) is 6.12. The van der Waals surface area contributed by atoms with Gasteiger partial charge in [0.15, 0.2) is 0 Å². The fourth-order valence-corrected chi connectivity index (χ4v) is 2.29. The molecular formula is C13H23ClN2O2. The maximum absolute atomic E-state index is 10.5. The van der Waals surface area contributed by atoms with Gasteiger partial charge in [-0.25, -0.2) is 0 Å². The number of hydrogen-bond donors (Lipinski definition) is 1. The highest BCUT2D eigenvalue weighted by molar-refractivity contribution is 6.31. The van der Waals surface area contributed by atoms with Crippen molar-refractivity contribution in [2.75, 3.05) is 6.61 Å². The number of aromatic nitrogens is 2. The predicted molar refractivity (Wildman–Crippen MR) is 72.9 cm³/mol. The van der Waals surface area contributed by atoms with E-state index < -0.39 is 6.10 Å². The zero-order valence-electron chi connectivity index (χ0n) is 11.6. The number of nitrogens with zero attached hydrogens (tertiary/aromatic N) is 2. The first-order valence-electron chi connectivity index (χ1n) is 6.55. The maximum atomic E-state index is 10.5. The van der Waals surface area contributed by atoms with Gasteiger partial charge in [-0.05, 0) is 27.2 Å². The van der Waals surface area contributed by atoms with Crippen LogP contribution in [0.3, 0.4) is 0 Å². The minimum atomic E-state index is -0.734. The minimum Gasteiger partial charge on any atom is -0.384 e. The van der Waals surface area contributed by atoms with Crippen LogP contribution >= 0.6 is 11.6 Å². The van der Waals surface area contributed by atoms with Gasteiger partial charge in [0.1, 0.15) is 6.10 Å². The first-order valence-corrected chi connectivity index (χ1v) is 6.93. The van der Waals surface area contributed by atoms with Gasteiger partial charge >= 0.3 is 0 Å². The molecule has 104 valence electrons. The number of aliphatic hydroxyl groups excluding tert-OH is 1. The van der Waals surface area contributed by atoms with Crippen LogP contribution in [0.4, 0.5) is 0 Å². The van der Waals surface area contributed by atoms with Gasteiger partial charge in [-0.3, -0.25) is 4.68 Å². The van der Waals surface area contributed by atoms with Gasteiger partial charge in [0.05, 0.1) is 23.0 Å². The number of hydrogen-bond acceptors (Lipinski definition) is 3. The van der Waals surface area contributed by atoms with Gasteiger partial charge in [-0.15, -0.1) is 0 Å². The third-order valence-corrected chi connectivity index (χ3v) is 3.15. The number of rotatable bonds is 7. The Balaban J connectivity index is 2.99. The summed E-state index contributed by atoms with van der Waals surface area (Å²) in [5, 5.41) is 15.2. The van der Waals surface area contributed by atoms with Crippen LogP contribution in [0, 0.1) is 0 Å². The first-order chi connectivity index (χ1) is 8.52. The molecule has 0 saturated carbocycles. The summed E-state index contributed by atoms with van der Waals surface area (Å²) in [7, 11) is 0. The van der Waals surface area contributed by atoms with Crippen LogP contribution in [0.5, 0.6) is 0 Å². The fourth-order valence-electron chi connectivity index (χ4n) is 2.05. The van der Waals surface area contributed by atoms with E-state index in [1.807, 2.05) is 20.8 Å². The van der Waals surface area contributed by atoms with E-state index in [0.29, 0.717) is 17.3 Å². The quantitative estimate of drug-likeness (QED) is 0.829. The molecule has 0 aliphatic heterocycles. The lowest BCUT2D eigenvalue weighted by molar-refractivity contribution is -0.0422. The topological polar surface area (TPSA) is 47.3 Å². The van der Waals surface area contributed by atoms with Crippen LogP contribution in [-0.2, 0) is 4.74 Å². The van der Waals surface area contributed by atoms with Gasteiger partial charge in [0, 0.05) is 12.6 Å². The Morgan fingerprint density at radius 1 is 1.44 bits per heavy atom. The molecule has 1 aromatic heterocycles. The van der Waals surface area contributed by atoms with Crippen molar-refractivity contribution < 1.29 is 9.84 Å². The standard InChI is InChI=1S/C13H23ClN2O2/c1-5-7-11(18-6-2)13(17)12-10(14)8-15-16(12)9(3)4/h8-9,11,13,17H,5-7H2,1-4H3. The molecule has 2 unspecified atom stereocenters. The molecule has 0 bridgehead atoms. The van der Waals surface area contributed by atoms with E-state index in [1.54, 1.807) is 10.9 Å². The van der Waals surface area contributed by atoms with Crippen LogP contribution in [0.2, 0.25) is 5.02 Å². The molecule has 5 heteroatoms. The van der Waals surface area contributed by atoms with Crippen molar-refractivity contribution in [3.63, 3.8) is 0 Å². The van der Waals surface area contributed by atoms with Gasteiger partial charge in [-0.2, -0.15) is 5.10 Å². The fraction of sp³-hybridized carbons (Fsp3) is 0.769. The molecule has 1 aromatic rings. The van der Waals surface area contributed by atoms with Crippen molar-refractivity contribution >= 4 is 11.6 Å². The Morgan fingerprint density at radius 3 is 2.61 bits per heavy atom. The summed E-state index contributed by atoms with van der Waals surface area (Å²) in [4.78, 5) is 0. The molecule has 0 radical (unpaired) electrons. The van der Waals surface area contributed by atoms with Gasteiger partial charge < -0.3 is 9.84 Å². The Hall–Kier alpha value is -0.580. The smallest absolute Gasteiger partial charge is 0.123 e. The zero-order valence-corrected chi connectivity index (χ0v) is 12.3. The normalized spacial score (nSPS) is 15.1. The number of halogens is 1. The third kappa shape index (κ3) is 3.46. The average Bonchev–Trinajstić information content (AvgIpc) is 2.70. The molecule has 1 rings (SSSR count). The van der Waals surface area contributed by atoms with E-state index in [2.05, 4.69) is 12.0 Å². The molecule has 0 spiro atoms. The predicted octanol–water partition coefficient (Wildman–Crippen LogP) is 3.36. The number of ether oxygens (including phenoxy) is 1. The SMILES string of the molecule is CCCC(OCC)C(O)c1c(Cl)cnn1C(C)C. The highest BCUT2D eigenvalue weighted by Gasteiger charge is 2.27. The monoisotopic (exact) mass is 274 g/mol. The molecule has 2 atom stereocenters. The average molecular weight is 275 g/mol. The van der Waals surface area contributed by atoms with E-state index in [-0.39, 0.29) is 12.1 Å². The summed E-state index contributed by atoms with van der Waals surface area (Å²) < 4.78 is 7.37. The molecule has 0 aliphatic carbocycles. The summed E-state index contributed by atoms with van der Waals surface area (Å²) >= 11 is 6.13. The van der Waals surface area contributed by atoms with Crippen molar-refractivity contribution in [1.29, 1.82) is 0 Å². The molecule has 0 amide bonds. The highest BCUT2D eigenvalue weighted by Crippen LogP contribution is 2.30. The van der Waals surface area contributed by atoms with Crippen LogP contribution in [-0.4, -0.2) is 27.6 Å². The molecule has 1 N–H and O–H groups in total. The van der Waals surface area contributed by atoms with Crippen LogP contribution < -0.4 is 0 Å². The lowest BCUT2D eigenvalue weighted by Crippen LogP contribution is -2.25. The minimum absolute atomic E-state index is 0.158. The molecule has 18 heavy (non-hydrogen) atoms. The van der Waals surface area contributed by atoms with Crippen LogP contribution in [0.1, 0.15) is 58.4 Å². The lowest BCUT2D eigenvalue weighted by Gasteiger charge is -2.24. The second-order valence-corrected chi connectivity index (χ2v) is 5.05. The first kappa shape index (κ1) is 15.5. The van der Waals surface area contributed by atoms with Gasteiger partial charge in [0.2, 0.25) is 0 Å². The van der Waals surface area contributed by atoms with E-state index in [0.717, 1.165) is 12.8 Å². The van der Waals surface area contributed by atoms with Crippen LogP contribution in [0.25, 0.3) is 0 Å². The third-order valence-electron chi connectivity index (χ3n) is 2.86. The van der Waals surface area contributed by atoms with Crippen molar-refractivity contribution in [2.24, 2.45) is 0 Å². The molecule has 0 aliphatic rings. The number of aliphatic hydroxyl groups is 1. The van der Waals surface area contributed by atoms with E-state index >= 15 is 0 Å². The van der Waals surface area contributed by atoms with E-state index in [4.69, 9.17) is 16.3 Å². The Labute approximate surface area is 114 Å². The molecule has 1 heterocycles. The van der Waals surface area contributed by atoms with Gasteiger partial charge in [0.25, 0.3) is 0 Å². The molecule has 0 saturated heterocycles. The molecule has 0 fully saturated rings. The second-order valence-electron chi connectivity index (χ2n) is 4.64. The summed E-state index contributed by atoms with van der Waals surface area (Å²) in [5.41, 5.74) is 0.651. The largest absolute Gasteiger partial charge is 0.384 e. The van der Waals surface area contributed by atoms with Gasteiger partial charge in [-0.1, -0.05) is 24.9 Å². The Bertz CT molecular complexity index is 360. The summed E-state index contributed by atoms with van der Waals surface area (Å²) in [6.07, 6.45) is 2.37.